The highest BCUT2D eigenvalue weighted by Gasteiger charge is 2.31. The number of aromatic nitrogens is 1. The predicted molar refractivity (Wildman–Crippen MR) is 67.1 cm³/mol. The van der Waals surface area contributed by atoms with Gasteiger partial charge < -0.3 is 5.11 Å². The summed E-state index contributed by atoms with van der Waals surface area (Å²) in [4.78, 5) is 26.4. The van der Waals surface area contributed by atoms with Crippen molar-refractivity contribution in [2.24, 2.45) is 0 Å². The number of carbonyl (C=O) groups excluding carboxylic acids is 1. The summed E-state index contributed by atoms with van der Waals surface area (Å²) in [6, 6.07) is 0. The van der Waals surface area contributed by atoms with Gasteiger partial charge in [-0.3, -0.25) is 14.9 Å². The Balaban J connectivity index is 2.81. The zero-order valence-electron chi connectivity index (χ0n) is 8.46. The minimum Gasteiger partial charge on any atom is -0.481 e. The second kappa shape index (κ2) is 5.39. The molecule has 5 nitrogen and oxygen atoms in total. The van der Waals surface area contributed by atoms with Crippen molar-refractivity contribution in [1.82, 2.24) is 4.98 Å². The van der Waals surface area contributed by atoms with Crippen LogP contribution in [0.3, 0.4) is 0 Å². The number of nitrogens with one attached hydrogen (secondary N) is 1. The van der Waals surface area contributed by atoms with Crippen molar-refractivity contribution < 1.29 is 14.7 Å². The highest BCUT2D eigenvalue weighted by atomic mass is 35.6. The number of rotatable bonds is 3. The molecule has 1 rings (SSSR count). The Bertz CT molecular complexity index is 455. The van der Waals surface area contributed by atoms with E-state index in [1.54, 1.807) is 6.92 Å². The summed E-state index contributed by atoms with van der Waals surface area (Å²) in [6.45, 7) is 1.64. The minimum atomic E-state index is -2.08. The van der Waals surface area contributed by atoms with Gasteiger partial charge in [-0.15, -0.1) is 11.3 Å². The fourth-order valence-electron chi connectivity index (χ4n) is 0.951. The van der Waals surface area contributed by atoms with E-state index >= 15 is 0 Å². The number of hydrogen-bond acceptors (Lipinski definition) is 4. The Morgan fingerprint density at radius 2 is 2.06 bits per heavy atom. The van der Waals surface area contributed by atoms with Crippen LogP contribution in [0.15, 0.2) is 0 Å². The molecule has 0 aliphatic heterocycles. The standard InChI is InChI=1S/C8H7Cl3N2O3S/c1-3-4(2-5(14)15)17-7(12-3)13-6(16)8(9,10)11/h2H2,1H3,(H,14,15)(H,12,13,16). The molecule has 1 aromatic rings. The lowest BCUT2D eigenvalue weighted by atomic mass is 10.3. The van der Waals surface area contributed by atoms with Crippen molar-refractivity contribution in [3.05, 3.63) is 10.6 Å². The van der Waals surface area contributed by atoms with Crippen molar-refractivity contribution >= 4 is 63.1 Å². The molecule has 0 saturated heterocycles. The largest absolute Gasteiger partial charge is 0.481 e. The molecule has 9 heteroatoms. The minimum absolute atomic E-state index is 0.160. The first-order valence-corrected chi connectivity index (χ1v) is 6.21. The van der Waals surface area contributed by atoms with Crippen LogP contribution in [-0.2, 0) is 16.0 Å². The predicted octanol–water partition coefficient (Wildman–Crippen LogP) is 2.39. The molecule has 0 aliphatic rings. The van der Waals surface area contributed by atoms with Gasteiger partial charge in [-0.1, -0.05) is 34.8 Å². The molecule has 0 saturated carbocycles. The van der Waals surface area contributed by atoms with E-state index in [2.05, 4.69) is 10.3 Å². The number of anilines is 1. The van der Waals surface area contributed by atoms with Crippen LogP contribution in [0.5, 0.6) is 0 Å². The van der Waals surface area contributed by atoms with E-state index in [9.17, 15) is 9.59 Å². The fraction of sp³-hybridized carbons (Fsp3) is 0.375. The van der Waals surface area contributed by atoms with Crippen molar-refractivity contribution in [3.8, 4) is 0 Å². The zero-order valence-corrected chi connectivity index (χ0v) is 11.5. The van der Waals surface area contributed by atoms with Crippen LogP contribution in [-0.4, -0.2) is 25.8 Å². The second-order valence-corrected chi connectivity index (χ2v) is 6.41. The highest BCUT2D eigenvalue weighted by molar-refractivity contribution is 7.16. The molecule has 0 aromatic carbocycles. The molecule has 1 amide bonds. The molecule has 0 unspecified atom stereocenters. The van der Waals surface area contributed by atoms with Crippen molar-refractivity contribution in [2.45, 2.75) is 17.1 Å². The average molecular weight is 318 g/mol. The van der Waals surface area contributed by atoms with E-state index in [1.807, 2.05) is 0 Å². The second-order valence-electron chi connectivity index (χ2n) is 3.05. The lowest BCUT2D eigenvalue weighted by Gasteiger charge is -2.08. The number of alkyl halides is 3. The molecule has 0 atom stereocenters. The summed E-state index contributed by atoms with van der Waals surface area (Å²) in [5, 5.41) is 11.1. The van der Waals surface area contributed by atoms with Crippen LogP contribution in [0.2, 0.25) is 0 Å². The summed E-state index contributed by atoms with van der Waals surface area (Å²) in [5.74, 6) is -1.81. The number of amides is 1. The Hall–Kier alpha value is -0.560. The number of nitrogens with zero attached hydrogens (tertiary/aromatic N) is 1. The maximum absolute atomic E-state index is 11.3. The van der Waals surface area contributed by atoms with Crippen molar-refractivity contribution in [2.75, 3.05) is 5.32 Å². The number of carboxylic acids is 1. The van der Waals surface area contributed by atoms with Gasteiger partial charge in [0.15, 0.2) is 5.13 Å². The van der Waals surface area contributed by atoms with E-state index in [4.69, 9.17) is 39.9 Å². The first-order chi connectivity index (χ1) is 7.70. The Kier molecular flexibility index (Phi) is 4.60. The van der Waals surface area contributed by atoms with Crippen LogP contribution in [0.4, 0.5) is 5.13 Å². The number of aliphatic carboxylic acids is 1. The molecule has 94 valence electrons. The van der Waals surface area contributed by atoms with Gasteiger partial charge >= 0.3 is 5.97 Å². The SMILES string of the molecule is Cc1nc(NC(=O)C(Cl)(Cl)Cl)sc1CC(=O)O. The monoisotopic (exact) mass is 316 g/mol. The van der Waals surface area contributed by atoms with E-state index in [1.165, 1.54) is 0 Å². The third-order valence-electron chi connectivity index (χ3n) is 1.68. The normalized spacial score (nSPS) is 11.3. The zero-order chi connectivity index (χ0) is 13.2. The molecule has 1 heterocycles. The third-order valence-corrected chi connectivity index (χ3v) is 3.27. The van der Waals surface area contributed by atoms with Gasteiger partial charge in [0.2, 0.25) is 0 Å². The Labute approximate surface area is 116 Å². The average Bonchev–Trinajstić information content (AvgIpc) is 2.44. The van der Waals surface area contributed by atoms with Gasteiger partial charge in [0.05, 0.1) is 12.1 Å². The van der Waals surface area contributed by atoms with E-state index in [-0.39, 0.29) is 11.6 Å². The molecule has 2 N–H and O–H groups in total. The molecular weight excluding hydrogens is 311 g/mol. The fourth-order valence-corrected chi connectivity index (χ4v) is 2.04. The van der Waals surface area contributed by atoms with Crippen molar-refractivity contribution in [3.63, 3.8) is 0 Å². The summed E-state index contributed by atoms with van der Waals surface area (Å²) in [6.07, 6.45) is -0.160. The van der Waals surface area contributed by atoms with Crippen LogP contribution in [0.25, 0.3) is 0 Å². The molecule has 0 aliphatic carbocycles. The van der Waals surface area contributed by atoms with Gasteiger partial charge in [0, 0.05) is 4.88 Å². The van der Waals surface area contributed by atoms with Crippen LogP contribution >= 0.6 is 46.1 Å². The molecule has 0 spiro atoms. The van der Waals surface area contributed by atoms with Gasteiger partial charge in [-0.05, 0) is 6.92 Å². The molecule has 0 bridgehead atoms. The number of hydrogen-bond donors (Lipinski definition) is 2. The number of carboxylic acid groups (broad SMARTS) is 1. The van der Waals surface area contributed by atoms with Gasteiger partial charge in [-0.2, -0.15) is 0 Å². The smallest absolute Gasteiger partial charge is 0.308 e. The number of halogens is 3. The van der Waals surface area contributed by atoms with E-state index < -0.39 is 15.7 Å². The first-order valence-electron chi connectivity index (χ1n) is 4.26. The molecular formula is C8H7Cl3N2O3S. The van der Waals surface area contributed by atoms with Crippen LogP contribution < -0.4 is 5.32 Å². The topological polar surface area (TPSA) is 79.3 Å². The third kappa shape index (κ3) is 4.31. The first kappa shape index (κ1) is 14.5. The van der Waals surface area contributed by atoms with Gasteiger partial charge in [0.25, 0.3) is 9.70 Å². The molecule has 0 fully saturated rings. The summed E-state index contributed by atoms with van der Waals surface area (Å²) < 4.78 is -2.08. The summed E-state index contributed by atoms with van der Waals surface area (Å²) >= 11 is 17.1. The molecule has 1 aromatic heterocycles. The Morgan fingerprint density at radius 3 is 2.53 bits per heavy atom. The van der Waals surface area contributed by atoms with E-state index in [0.29, 0.717) is 10.6 Å². The quantitative estimate of drug-likeness (QED) is 0.839. The maximum Gasteiger partial charge on any atom is 0.308 e. The van der Waals surface area contributed by atoms with Gasteiger partial charge in [0.1, 0.15) is 0 Å². The summed E-state index contributed by atoms with van der Waals surface area (Å²) in [7, 11) is 0. The van der Waals surface area contributed by atoms with Crippen LogP contribution in [0.1, 0.15) is 10.6 Å². The number of aryl methyl sites for hydroxylation is 1. The Morgan fingerprint density at radius 1 is 1.47 bits per heavy atom. The highest BCUT2D eigenvalue weighted by Crippen LogP contribution is 2.29. The van der Waals surface area contributed by atoms with E-state index in [0.717, 1.165) is 11.3 Å². The maximum atomic E-state index is 11.3. The van der Waals surface area contributed by atoms with Crippen molar-refractivity contribution in [1.29, 1.82) is 0 Å². The lowest BCUT2D eigenvalue weighted by Crippen LogP contribution is -2.26. The lowest BCUT2D eigenvalue weighted by molar-refractivity contribution is -0.136. The molecule has 0 radical (unpaired) electrons. The number of thiazole rings is 1. The van der Waals surface area contributed by atoms with Crippen LogP contribution in [0, 0.1) is 6.92 Å². The van der Waals surface area contributed by atoms with Gasteiger partial charge in [-0.25, -0.2) is 4.98 Å². The number of carbonyl (C=O) groups is 2. The molecule has 17 heavy (non-hydrogen) atoms. The summed E-state index contributed by atoms with van der Waals surface area (Å²) in [5.41, 5.74) is 0.525.